The van der Waals surface area contributed by atoms with Gasteiger partial charge in [-0.2, -0.15) is 4.98 Å². The van der Waals surface area contributed by atoms with Crippen LogP contribution in [0.3, 0.4) is 0 Å². The van der Waals surface area contributed by atoms with Crippen molar-refractivity contribution in [2.24, 2.45) is 0 Å². The number of aldehydes is 1. The largest absolute Gasteiger partial charge is 0.480 e. The van der Waals surface area contributed by atoms with Crippen LogP contribution in [0.2, 0.25) is 0 Å². The van der Waals surface area contributed by atoms with Crippen molar-refractivity contribution in [2.75, 3.05) is 5.73 Å². The molecule has 0 fully saturated rings. The van der Waals surface area contributed by atoms with Crippen molar-refractivity contribution in [3.8, 4) is 0 Å². The lowest BCUT2D eigenvalue weighted by molar-refractivity contribution is -0.140. The van der Waals surface area contributed by atoms with Gasteiger partial charge in [0.25, 0.3) is 5.56 Å². The molecule has 1 unspecified atom stereocenters. The number of aromatic amines is 1. The summed E-state index contributed by atoms with van der Waals surface area (Å²) in [5, 5.41) is 15.3. The van der Waals surface area contributed by atoms with Gasteiger partial charge in [0.2, 0.25) is 5.95 Å². The molecule has 2 heterocycles. The van der Waals surface area contributed by atoms with E-state index < -0.39 is 23.7 Å². The minimum Gasteiger partial charge on any atom is -0.480 e. The lowest BCUT2D eigenvalue weighted by Crippen LogP contribution is -2.50. The van der Waals surface area contributed by atoms with Crippen molar-refractivity contribution in [1.82, 2.24) is 30.6 Å². The molecule has 0 aliphatic heterocycles. The molecule has 0 aliphatic rings. The molecular formula is C16H21N7O4. The highest BCUT2D eigenvalue weighted by Gasteiger charge is 2.20. The number of aromatic nitrogens is 4. The third-order valence-electron chi connectivity index (χ3n) is 3.69. The van der Waals surface area contributed by atoms with Gasteiger partial charge in [-0.25, -0.2) is 9.97 Å². The highest BCUT2D eigenvalue weighted by atomic mass is 16.4. The van der Waals surface area contributed by atoms with E-state index in [1.807, 2.05) is 0 Å². The van der Waals surface area contributed by atoms with Crippen molar-refractivity contribution in [3.63, 3.8) is 0 Å². The number of anilines is 1. The van der Waals surface area contributed by atoms with E-state index in [0.717, 1.165) is 0 Å². The number of carbonyl (C=O) groups is 2. The molecule has 144 valence electrons. The second-order valence-corrected chi connectivity index (χ2v) is 5.74. The molecule has 0 bridgehead atoms. The molecule has 0 aliphatic carbocycles. The number of carbonyl (C=O) groups excluding carboxylic acids is 1. The number of hydrogen-bond donors (Lipinski definition) is 5. The van der Waals surface area contributed by atoms with E-state index in [1.165, 1.54) is 6.20 Å². The van der Waals surface area contributed by atoms with Crippen LogP contribution in [0.5, 0.6) is 0 Å². The zero-order valence-corrected chi connectivity index (χ0v) is 14.5. The normalized spacial score (nSPS) is 13.2. The molecular weight excluding hydrogens is 354 g/mol. The molecule has 0 saturated carbocycles. The van der Waals surface area contributed by atoms with E-state index in [0.29, 0.717) is 18.4 Å². The fraction of sp³-hybridized carbons (Fsp3) is 0.375. The summed E-state index contributed by atoms with van der Waals surface area (Å²) in [6, 6.07) is -0.884. The minimum atomic E-state index is -1.05. The number of nitrogens with one attached hydrogen (secondary N) is 3. The highest BCUT2D eigenvalue weighted by Crippen LogP contribution is 2.05. The zero-order valence-electron chi connectivity index (χ0n) is 14.5. The topological polar surface area (TPSA) is 176 Å². The summed E-state index contributed by atoms with van der Waals surface area (Å²) in [6.45, 7) is 3.87. The van der Waals surface area contributed by atoms with E-state index >= 15 is 0 Å². The summed E-state index contributed by atoms with van der Waals surface area (Å²) in [6.07, 6.45) is 4.09. The van der Waals surface area contributed by atoms with Crippen molar-refractivity contribution < 1.29 is 14.7 Å². The Bertz CT molecular complexity index is 883. The number of nitrogens with two attached hydrogens (primary N) is 1. The molecule has 0 saturated heterocycles. The van der Waals surface area contributed by atoms with Crippen LogP contribution in [0.25, 0.3) is 11.2 Å². The first kappa shape index (κ1) is 20.1. The van der Waals surface area contributed by atoms with Crippen LogP contribution in [0.15, 0.2) is 23.6 Å². The molecule has 11 nitrogen and oxygen atoms in total. The van der Waals surface area contributed by atoms with E-state index in [1.54, 1.807) is 6.08 Å². The molecule has 2 aromatic rings. The van der Waals surface area contributed by atoms with Gasteiger partial charge < -0.3 is 15.6 Å². The summed E-state index contributed by atoms with van der Waals surface area (Å²) in [5.74, 6) is -1.09. The number of rotatable bonds is 11. The summed E-state index contributed by atoms with van der Waals surface area (Å²) in [5.41, 5.74) is 5.64. The number of hydrogen-bond acceptors (Lipinski definition) is 9. The summed E-state index contributed by atoms with van der Waals surface area (Å²) in [4.78, 5) is 48.2. The molecule has 0 aromatic carbocycles. The average Bonchev–Trinajstić information content (AvgIpc) is 2.62. The third-order valence-corrected chi connectivity index (χ3v) is 3.69. The van der Waals surface area contributed by atoms with Gasteiger partial charge in [-0.05, 0) is 12.8 Å². The monoisotopic (exact) mass is 375 g/mol. The van der Waals surface area contributed by atoms with Crippen molar-refractivity contribution in [2.45, 2.75) is 38.0 Å². The maximum Gasteiger partial charge on any atom is 0.320 e. The fourth-order valence-electron chi connectivity index (χ4n) is 2.42. The Morgan fingerprint density at radius 2 is 2.22 bits per heavy atom. The smallest absolute Gasteiger partial charge is 0.320 e. The number of carboxylic acid groups (broad SMARTS) is 1. The van der Waals surface area contributed by atoms with E-state index in [9.17, 15) is 19.5 Å². The quantitative estimate of drug-likeness (QED) is 0.192. The SMILES string of the molecule is C=CCC(NCc1cnc2nc(N)[nH]c(=O)c2n1)N[C@H](CCC=O)C(=O)O. The number of carboxylic acids is 1. The highest BCUT2D eigenvalue weighted by molar-refractivity contribution is 5.74. The van der Waals surface area contributed by atoms with Crippen molar-refractivity contribution >= 4 is 29.4 Å². The molecule has 2 aromatic heterocycles. The molecule has 2 atom stereocenters. The lowest BCUT2D eigenvalue weighted by Gasteiger charge is -2.23. The van der Waals surface area contributed by atoms with Crippen LogP contribution in [0, 0.1) is 0 Å². The van der Waals surface area contributed by atoms with Crippen molar-refractivity contribution in [1.29, 1.82) is 0 Å². The van der Waals surface area contributed by atoms with Gasteiger partial charge in [-0.1, -0.05) is 6.08 Å². The van der Waals surface area contributed by atoms with Gasteiger partial charge in [0.15, 0.2) is 11.2 Å². The van der Waals surface area contributed by atoms with Crippen LogP contribution in [0.1, 0.15) is 25.0 Å². The van der Waals surface area contributed by atoms with Crippen LogP contribution in [-0.2, 0) is 16.1 Å². The number of nitrogens with zero attached hydrogens (tertiary/aromatic N) is 3. The van der Waals surface area contributed by atoms with Gasteiger partial charge in [-0.15, -0.1) is 6.58 Å². The van der Waals surface area contributed by atoms with Crippen LogP contribution >= 0.6 is 0 Å². The van der Waals surface area contributed by atoms with E-state index in [4.69, 9.17) is 5.73 Å². The van der Waals surface area contributed by atoms with Gasteiger partial charge in [0.05, 0.1) is 18.1 Å². The molecule has 11 heteroatoms. The van der Waals surface area contributed by atoms with Gasteiger partial charge in [0.1, 0.15) is 12.3 Å². The Kier molecular flexibility index (Phi) is 7.08. The molecule has 0 amide bonds. The molecule has 2 rings (SSSR count). The van der Waals surface area contributed by atoms with Gasteiger partial charge in [0, 0.05) is 13.0 Å². The summed E-state index contributed by atoms with van der Waals surface area (Å²) >= 11 is 0. The van der Waals surface area contributed by atoms with Gasteiger partial charge in [-0.3, -0.25) is 25.2 Å². The molecule has 6 N–H and O–H groups in total. The number of nitrogen functional groups attached to an aromatic ring is 1. The standard InChI is InChI=1S/C16H21N7O4/c1-2-4-11(21-10(15(26)27)5-3-6-24)18-7-9-8-19-13-12(20-9)14(25)23-16(17)22-13/h2,6,8,10-11,18,21H,1,3-5,7H2,(H,26,27)(H3,17,19,22,23,25)/t10-,11?/m1/s1. The second kappa shape index (κ2) is 9.50. The maximum atomic E-state index is 11.9. The Morgan fingerprint density at radius 1 is 1.44 bits per heavy atom. The minimum absolute atomic E-state index is 0.0436. The first-order valence-electron chi connectivity index (χ1n) is 8.22. The number of H-pyrrole nitrogens is 1. The Morgan fingerprint density at radius 3 is 2.89 bits per heavy atom. The molecule has 0 radical (unpaired) electrons. The van der Waals surface area contributed by atoms with Gasteiger partial charge >= 0.3 is 5.97 Å². The molecule has 0 spiro atoms. The van der Waals surface area contributed by atoms with Crippen LogP contribution in [-0.4, -0.2) is 49.5 Å². The predicted molar refractivity (Wildman–Crippen MR) is 97.7 cm³/mol. The lowest BCUT2D eigenvalue weighted by atomic mass is 10.1. The van der Waals surface area contributed by atoms with E-state index in [2.05, 4.69) is 37.1 Å². The fourth-order valence-corrected chi connectivity index (χ4v) is 2.42. The summed E-state index contributed by atoms with van der Waals surface area (Å²) in [7, 11) is 0. The average molecular weight is 375 g/mol. The summed E-state index contributed by atoms with van der Waals surface area (Å²) < 4.78 is 0. The maximum absolute atomic E-state index is 11.9. The third kappa shape index (κ3) is 5.66. The number of aliphatic carboxylic acids is 1. The van der Waals surface area contributed by atoms with E-state index in [-0.39, 0.29) is 36.5 Å². The Labute approximate surface area is 154 Å². The predicted octanol–water partition coefficient (Wildman–Crippen LogP) is -0.691. The second-order valence-electron chi connectivity index (χ2n) is 5.74. The first-order chi connectivity index (χ1) is 12.9. The number of fused-ring (bicyclic) bond motifs is 1. The van der Waals surface area contributed by atoms with Crippen molar-refractivity contribution in [3.05, 3.63) is 34.9 Å². The van der Waals surface area contributed by atoms with Crippen LogP contribution < -0.4 is 21.9 Å². The first-order valence-corrected chi connectivity index (χ1v) is 8.22. The van der Waals surface area contributed by atoms with Crippen LogP contribution in [0.4, 0.5) is 5.95 Å². The molecule has 27 heavy (non-hydrogen) atoms. The Balaban J connectivity index is 2.09. The zero-order chi connectivity index (χ0) is 19.8. The Hall–Kier alpha value is -3.18.